The van der Waals surface area contributed by atoms with Crippen molar-refractivity contribution in [3.8, 4) is 5.75 Å². The summed E-state index contributed by atoms with van der Waals surface area (Å²) < 4.78 is 10.5. The molecule has 0 spiro atoms. The van der Waals surface area contributed by atoms with E-state index in [1.54, 1.807) is 14.2 Å². The van der Waals surface area contributed by atoms with Crippen LogP contribution in [0.2, 0.25) is 5.02 Å². The van der Waals surface area contributed by atoms with E-state index >= 15 is 0 Å². The van der Waals surface area contributed by atoms with Gasteiger partial charge < -0.3 is 9.47 Å². The lowest BCUT2D eigenvalue weighted by Gasteiger charge is -2.35. The maximum atomic E-state index is 6.26. The molecule has 0 aromatic heterocycles. The Labute approximate surface area is 144 Å². The molecule has 3 aliphatic heterocycles. The van der Waals surface area contributed by atoms with Crippen molar-refractivity contribution in [3.05, 3.63) is 28.8 Å². The molecule has 0 saturated carbocycles. The minimum absolute atomic E-state index is 0.664. The van der Waals surface area contributed by atoms with Crippen LogP contribution >= 0.6 is 11.6 Å². The molecule has 128 valence electrons. The zero-order valence-corrected chi connectivity index (χ0v) is 14.9. The Morgan fingerprint density at radius 1 is 1.17 bits per heavy atom. The number of piperidine rings is 1. The first-order valence-electron chi connectivity index (χ1n) is 8.47. The van der Waals surface area contributed by atoms with Gasteiger partial charge in [0.25, 0.3) is 0 Å². The first-order chi connectivity index (χ1) is 11.2. The second kappa shape index (κ2) is 7.84. The van der Waals surface area contributed by atoms with E-state index in [0.717, 1.165) is 37.9 Å². The van der Waals surface area contributed by atoms with E-state index in [4.69, 9.17) is 21.1 Å². The summed E-state index contributed by atoms with van der Waals surface area (Å²) >= 11 is 6.26. The number of ether oxygens (including phenoxy) is 2. The number of hydrogen-bond acceptors (Lipinski definition) is 4. The van der Waals surface area contributed by atoms with Crippen molar-refractivity contribution >= 4 is 11.6 Å². The maximum Gasteiger partial charge on any atom is 0.137 e. The summed E-state index contributed by atoms with van der Waals surface area (Å²) in [5.74, 6) is 1.52. The van der Waals surface area contributed by atoms with Crippen molar-refractivity contribution in [1.29, 1.82) is 0 Å². The van der Waals surface area contributed by atoms with Gasteiger partial charge in [0, 0.05) is 45.9 Å². The normalized spacial score (nSPS) is 25.5. The Morgan fingerprint density at radius 2 is 2.04 bits per heavy atom. The highest BCUT2D eigenvalue weighted by Gasteiger charge is 2.34. The molecular weight excluding hydrogens is 312 g/mol. The van der Waals surface area contributed by atoms with Crippen molar-refractivity contribution in [2.75, 3.05) is 47.0 Å². The number of benzene rings is 1. The van der Waals surface area contributed by atoms with Crippen molar-refractivity contribution < 1.29 is 9.47 Å². The number of rotatable bonds is 6. The molecule has 0 aliphatic carbocycles. The molecule has 0 amide bonds. The van der Waals surface area contributed by atoms with Crippen molar-refractivity contribution in [2.45, 2.75) is 25.4 Å². The van der Waals surface area contributed by atoms with Crippen molar-refractivity contribution in [1.82, 2.24) is 9.80 Å². The smallest absolute Gasteiger partial charge is 0.137 e. The van der Waals surface area contributed by atoms with E-state index in [9.17, 15) is 0 Å². The van der Waals surface area contributed by atoms with Crippen LogP contribution in [0, 0.1) is 5.92 Å². The van der Waals surface area contributed by atoms with E-state index in [-0.39, 0.29) is 0 Å². The van der Waals surface area contributed by atoms with Crippen LogP contribution < -0.4 is 4.74 Å². The molecule has 0 radical (unpaired) electrons. The third kappa shape index (κ3) is 4.18. The van der Waals surface area contributed by atoms with Crippen LogP contribution in [0.5, 0.6) is 5.75 Å². The number of methoxy groups -OCH3 is 2. The minimum atomic E-state index is 0.664. The molecular formula is C18H27ClN2O2. The third-order valence-corrected chi connectivity index (χ3v) is 5.40. The molecule has 4 nitrogen and oxygen atoms in total. The average molecular weight is 339 g/mol. The Kier molecular flexibility index (Phi) is 5.81. The number of halogens is 1. The molecule has 1 aromatic rings. The van der Waals surface area contributed by atoms with E-state index in [1.807, 2.05) is 12.1 Å². The minimum Gasteiger partial charge on any atom is -0.495 e. The lowest BCUT2D eigenvalue weighted by Crippen LogP contribution is -2.45. The summed E-state index contributed by atoms with van der Waals surface area (Å²) in [6.07, 6.45) is 2.67. The molecule has 23 heavy (non-hydrogen) atoms. The summed E-state index contributed by atoms with van der Waals surface area (Å²) in [5, 5.41) is 0.699. The molecule has 0 N–H and O–H groups in total. The van der Waals surface area contributed by atoms with Crippen LogP contribution in [0.15, 0.2) is 18.2 Å². The van der Waals surface area contributed by atoms with Gasteiger partial charge in [-0.3, -0.25) is 9.80 Å². The fourth-order valence-corrected chi connectivity index (χ4v) is 4.23. The third-order valence-electron chi connectivity index (χ3n) is 5.11. The summed E-state index contributed by atoms with van der Waals surface area (Å²) in [6, 6.07) is 6.79. The molecule has 2 bridgehead atoms. The average Bonchev–Trinajstić information content (AvgIpc) is 2.83. The lowest BCUT2D eigenvalue weighted by molar-refractivity contribution is 0.0867. The van der Waals surface area contributed by atoms with E-state index in [1.165, 1.54) is 31.5 Å². The summed E-state index contributed by atoms with van der Waals surface area (Å²) in [5.41, 5.74) is 1.26. The maximum absolute atomic E-state index is 6.26. The lowest BCUT2D eigenvalue weighted by atomic mass is 9.95. The van der Waals surface area contributed by atoms with Gasteiger partial charge in [-0.15, -0.1) is 0 Å². The van der Waals surface area contributed by atoms with Gasteiger partial charge in [-0.05, 0) is 36.5 Å². The quantitative estimate of drug-likeness (QED) is 0.796. The first kappa shape index (κ1) is 17.0. The molecule has 5 heteroatoms. The standard InChI is InChI=1S/C18H27ClN2O2/c1-22-8-7-21-12-15-3-5-16(21)13-20(11-15)10-14-4-6-18(23-2)17(19)9-14/h4,6,9,15-16H,3,5,7-8,10-13H2,1-2H3/t15-,16+/m1/s1. The summed E-state index contributed by atoms with van der Waals surface area (Å²) in [7, 11) is 3.44. The van der Waals surface area contributed by atoms with Gasteiger partial charge in [0.1, 0.15) is 5.75 Å². The van der Waals surface area contributed by atoms with E-state index in [0.29, 0.717) is 11.1 Å². The zero-order chi connectivity index (χ0) is 16.2. The fraction of sp³-hybridized carbons (Fsp3) is 0.667. The van der Waals surface area contributed by atoms with Crippen LogP contribution in [0.3, 0.4) is 0 Å². The van der Waals surface area contributed by atoms with Gasteiger partial charge >= 0.3 is 0 Å². The molecule has 1 aromatic carbocycles. The molecule has 3 heterocycles. The zero-order valence-electron chi connectivity index (χ0n) is 14.1. The van der Waals surface area contributed by atoms with E-state index in [2.05, 4.69) is 15.9 Å². The highest BCUT2D eigenvalue weighted by molar-refractivity contribution is 6.32. The van der Waals surface area contributed by atoms with Crippen LogP contribution in [-0.4, -0.2) is 62.8 Å². The molecule has 3 saturated heterocycles. The van der Waals surface area contributed by atoms with Crippen molar-refractivity contribution in [3.63, 3.8) is 0 Å². The van der Waals surface area contributed by atoms with E-state index < -0.39 is 0 Å². The van der Waals surface area contributed by atoms with Crippen LogP contribution in [-0.2, 0) is 11.3 Å². The Balaban J connectivity index is 1.64. The highest BCUT2D eigenvalue weighted by Crippen LogP contribution is 2.30. The fourth-order valence-electron chi connectivity index (χ4n) is 3.95. The SMILES string of the molecule is COCCN1C[C@@H]2CC[C@H]1CN(Cc1ccc(OC)c(Cl)c1)C2. The first-order valence-corrected chi connectivity index (χ1v) is 8.85. The Morgan fingerprint density at radius 3 is 2.78 bits per heavy atom. The van der Waals surface area contributed by atoms with Crippen molar-refractivity contribution in [2.24, 2.45) is 5.92 Å². The van der Waals surface area contributed by atoms with Gasteiger partial charge in [0.05, 0.1) is 18.7 Å². The number of hydrogen-bond donors (Lipinski definition) is 0. The van der Waals surface area contributed by atoms with Crippen LogP contribution in [0.1, 0.15) is 18.4 Å². The second-order valence-electron chi connectivity index (χ2n) is 6.75. The molecule has 4 rings (SSSR count). The highest BCUT2D eigenvalue weighted by atomic mass is 35.5. The topological polar surface area (TPSA) is 24.9 Å². The largest absolute Gasteiger partial charge is 0.495 e. The van der Waals surface area contributed by atoms with Crippen LogP contribution in [0.25, 0.3) is 0 Å². The summed E-state index contributed by atoms with van der Waals surface area (Å²) in [4.78, 5) is 5.21. The Hall–Kier alpha value is -0.810. The van der Waals surface area contributed by atoms with Gasteiger partial charge in [-0.2, -0.15) is 0 Å². The van der Waals surface area contributed by atoms with Gasteiger partial charge in [-0.1, -0.05) is 17.7 Å². The van der Waals surface area contributed by atoms with Gasteiger partial charge in [0.15, 0.2) is 0 Å². The molecule has 3 aliphatic rings. The summed E-state index contributed by atoms with van der Waals surface area (Å²) in [6.45, 7) is 6.40. The molecule has 0 unspecified atom stereocenters. The predicted molar refractivity (Wildman–Crippen MR) is 93.2 cm³/mol. The number of fused-ring (bicyclic) bond motifs is 4. The van der Waals surface area contributed by atoms with Gasteiger partial charge in [0.2, 0.25) is 0 Å². The van der Waals surface area contributed by atoms with Gasteiger partial charge in [-0.25, -0.2) is 0 Å². The predicted octanol–water partition coefficient (Wildman–Crippen LogP) is 2.89. The molecule has 3 fully saturated rings. The Bertz CT molecular complexity index is 526. The second-order valence-corrected chi connectivity index (χ2v) is 7.16. The molecule has 2 atom stereocenters. The number of nitrogens with zero attached hydrogens (tertiary/aromatic N) is 2. The monoisotopic (exact) mass is 338 g/mol. The van der Waals surface area contributed by atoms with Crippen LogP contribution in [0.4, 0.5) is 0 Å².